The van der Waals surface area contributed by atoms with Gasteiger partial charge in [-0.15, -0.1) is 0 Å². The highest BCUT2D eigenvalue weighted by atomic mass is 35.5. The van der Waals surface area contributed by atoms with E-state index in [4.69, 9.17) is 11.6 Å². The average Bonchev–Trinajstić information content (AvgIpc) is 2.60. The number of aryl methyl sites for hydroxylation is 1. The number of hydrogen-bond donors (Lipinski definition) is 1. The Labute approximate surface area is 166 Å². The van der Waals surface area contributed by atoms with Gasteiger partial charge in [0.05, 0.1) is 11.4 Å². The molecule has 0 aliphatic rings. The maximum atomic E-state index is 12.5. The summed E-state index contributed by atoms with van der Waals surface area (Å²) in [5.41, 5.74) is 2.00. The Bertz CT molecular complexity index is 909. The van der Waals surface area contributed by atoms with Crippen LogP contribution in [0.2, 0.25) is 5.02 Å². The Morgan fingerprint density at radius 3 is 2.37 bits per heavy atom. The molecule has 2 aromatic carbocycles. The molecule has 0 aromatic heterocycles. The Balaban J connectivity index is 1.99. The Kier molecular flexibility index (Phi) is 6.68. The highest BCUT2D eigenvalue weighted by Gasteiger charge is 2.25. The Hall–Kier alpha value is -1.89. The number of nitrogens with one attached hydrogen (secondary N) is 1. The van der Waals surface area contributed by atoms with Gasteiger partial charge in [0, 0.05) is 24.0 Å². The average molecular weight is 409 g/mol. The highest BCUT2D eigenvalue weighted by molar-refractivity contribution is 7.89. The maximum absolute atomic E-state index is 12.5. The van der Waals surface area contributed by atoms with E-state index in [0.717, 1.165) is 15.4 Å². The summed E-state index contributed by atoms with van der Waals surface area (Å²) < 4.78 is 26.1. The van der Waals surface area contributed by atoms with E-state index in [0.29, 0.717) is 11.6 Å². The molecule has 0 saturated heterocycles. The van der Waals surface area contributed by atoms with Crippen molar-refractivity contribution in [2.24, 2.45) is 0 Å². The predicted molar refractivity (Wildman–Crippen MR) is 108 cm³/mol. The highest BCUT2D eigenvalue weighted by Crippen LogP contribution is 2.23. The molecule has 0 saturated carbocycles. The largest absolute Gasteiger partial charge is 0.354 e. The molecule has 1 amide bonds. The van der Waals surface area contributed by atoms with E-state index in [1.165, 1.54) is 31.3 Å². The van der Waals surface area contributed by atoms with Crippen molar-refractivity contribution in [3.8, 4) is 0 Å². The van der Waals surface area contributed by atoms with Crippen LogP contribution in [0, 0.1) is 6.92 Å². The molecule has 1 N–H and O–H groups in total. The van der Waals surface area contributed by atoms with E-state index in [1.54, 1.807) is 0 Å². The second-order valence-electron chi connectivity index (χ2n) is 7.25. The van der Waals surface area contributed by atoms with Crippen LogP contribution in [-0.4, -0.2) is 38.8 Å². The van der Waals surface area contributed by atoms with Crippen molar-refractivity contribution in [1.82, 2.24) is 9.62 Å². The van der Waals surface area contributed by atoms with Crippen LogP contribution in [-0.2, 0) is 20.2 Å². The zero-order valence-electron chi connectivity index (χ0n) is 16.0. The number of sulfonamides is 1. The summed E-state index contributed by atoms with van der Waals surface area (Å²) in [7, 11) is -2.36. The van der Waals surface area contributed by atoms with Gasteiger partial charge < -0.3 is 5.32 Å². The molecule has 2 aromatic rings. The fourth-order valence-corrected chi connectivity index (χ4v) is 3.87. The summed E-state index contributed by atoms with van der Waals surface area (Å²) in [6.07, 6.45) is 0. The number of hydrogen-bond acceptors (Lipinski definition) is 3. The number of carbonyl (C=O) groups is 1. The number of carbonyl (C=O) groups excluding carboxylic acids is 1. The molecule has 0 radical (unpaired) electrons. The molecule has 0 atom stereocenters. The summed E-state index contributed by atoms with van der Waals surface area (Å²) >= 11 is 5.80. The van der Waals surface area contributed by atoms with Crippen molar-refractivity contribution in [2.45, 2.75) is 31.1 Å². The van der Waals surface area contributed by atoms with Crippen molar-refractivity contribution in [2.75, 3.05) is 20.1 Å². The second kappa shape index (κ2) is 8.42. The van der Waals surface area contributed by atoms with Crippen molar-refractivity contribution in [1.29, 1.82) is 0 Å². The van der Waals surface area contributed by atoms with Gasteiger partial charge in [-0.05, 0) is 36.8 Å². The lowest BCUT2D eigenvalue weighted by Gasteiger charge is -2.26. The molecule has 0 aliphatic carbocycles. The van der Waals surface area contributed by atoms with E-state index >= 15 is 0 Å². The third-order valence-corrected chi connectivity index (χ3v) is 6.48. The summed E-state index contributed by atoms with van der Waals surface area (Å²) in [5, 5.41) is 3.29. The Morgan fingerprint density at radius 2 is 1.78 bits per heavy atom. The molecule has 0 aliphatic heterocycles. The Morgan fingerprint density at radius 1 is 1.15 bits per heavy atom. The van der Waals surface area contributed by atoms with E-state index in [-0.39, 0.29) is 22.8 Å². The van der Waals surface area contributed by atoms with Crippen molar-refractivity contribution < 1.29 is 13.2 Å². The van der Waals surface area contributed by atoms with Crippen LogP contribution in [0.4, 0.5) is 0 Å². The fourth-order valence-electron chi connectivity index (χ4n) is 2.62. The minimum absolute atomic E-state index is 0.0993. The number of amides is 1. The molecular formula is C20H25ClN2O3S. The molecule has 2 rings (SSSR count). The second-order valence-corrected chi connectivity index (χ2v) is 9.73. The van der Waals surface area contributed by atoms with E-state index in [2.05, 4.69) is 11.4 Å². The normalized spacial score (nSPS) is 12.2. The standard InChI is InChI=1S/C20H25ClN2O3S/c1-15-6-5-7-16(12-15)20(2,3)14-22-19(24)13-23(4)27(25,26)18-10-8-17(21)9-11-18/h5-12H,13-14H2,1-4H3,(H,22,24). The van der Waals surface area contributed by atoms with Gasteiger partial charge in [0.1, 0.15) is 0 Å². The molecule has 0 fully saturated rings. The van der Waals surface area contributed by atoms with Crippen molar-refractivity contribution in [3.63, 3.8) is 0 Å². The number of benzene rings is 2. The molecule has 27 heavy (non-hydrogen) atoms. The maximum Gasteiger partial charge on any atom is 0.243 e. The SMILES string of the molecule is Cc1cccc(C(C)(C)CNC(=O)CN(C)S(=O)(=O)c2ccc(Cl)cc2)c1. The van der Waals surface area contributed by atoms with Crippen molar-refractivity contribution in [3.05, 3.63) is 64.7 Å². The number of likely N-dealkylation sites (N-methyl/N-ethyl adjacent to an activating group) is 1. The summed E-state index contributed by atoms with van der Waals surface area (Å²) in [6.45, 7) is 6.25. The zero-order chi connectivity index (χ0) is 20.2. The van der Waals surface area contributed by atoms with Gasteiger partial charge in [0.2, 0.25) is 15.9 Å². The van der Waals surface area contributed by atoms with Crippen LogP contribution in [0.25, 0.3) is 0 Å². The van der Waals surface area contributed by atoms with Gasteiger partial charge in [-0.1, -0.05) is 55.3 Å². The number of halogens is 1. The topological polar surface area (TPSA) is 66.5 Å². The van der Waals surface area contributed by atoms with E-state index < -0.39 is 10.0 Å². The van der Waals surface area contributed by atoms with Gasteiger partial charge in [0.15, 0.2) is 0 Å². The van der Waals surface area contributed by atoms with Gasteiger partial charge in [-0.25, -0.2) is 8.42 Å². The molecule has 146 valence electrons. The lowest BCUT2D eigenvalue weighted by Crippen LogP contribution is -2.42. The first-order chi connectivity index (χ1) is 12.5. The smallest absolute Gasteiger partial charge is 0.243 e. The van der Waals surface area contributed by atoms with Crippen LogP contribution in [0.5, 0.6) is 0 Å². The van der Waals surface area contributed by atoms with E-state index in [1.807, 2.05) is 39.0 Å². The van der Waals surface area contributed by atoms with Crippen LogP contribution in [0.15, 0.2) is 53.4 Å². The quantitative estimate of drug-likeness (QED) is 0.763. The third kappa shape index (κ3) is 5.54. The fraction of sp³-hybridized carbons (Fsp3) is 0.350. The van der Waals surface area contributed by atoms with E-state index in [9.17, 15) is 13.2 Å². The lowest BCUT2D eigenvalue weighted by atomic mass is 9.84. The summed E-state index contributed by atoms with van der Waals surface area (Å²) in [6, 6.07) is 14.0. The third-order valence-electron chi connectivity index (χ3n) is 4.42. The molecule has 0 spiro atoms. The molecular weight excluding hydrogens is 384 g/mol. The van der Waals surface area contributed by atoms with Gasteiger partial charge >= 0.3 is 0 Å². The molecule has 5 nitrogen and oxygen atoms in total. The van der Waals surface area contributed by atoms with Crippen molar-refractivity contribution >= 4 is 27.5 Å². The van der Waals surface area contributed by atoms with Crippen LogP contribution >= 0.6 is 11.6 Å². The first-order valence-corrected chi connectivity index (χ1v) is 10.4. The minimum atomic E-state index is -3.75. The van der Waals surface area contributed by atoms with Crippen LogP contribution in [0.1, 0.15) is 25.0 Å². The first kappa shape index (κ1) is 21.4. The number of rotatable bonds is 7. The molecule has 0 bridgehead atoms. The summed E-state index contributed by atoms with van der Waals surface area (Å²) in [4.78, 5) is 12.4. The molecule has 0 unspecified atom stereocenters. The lowest BCUT2D eigenvalue weighted by molar-refractivity contribution is -0.121. The van der Waals surface area contributed by atoms with Gasteiger partial charge in [-0.3, -0.25) is 4.79 Å². The first-order valence-electron chi connectivity index (χ1n) is 8.58. The molecule has 7 heteroatoms. The zero-order valence-corrected chi connectivity index (χ0v) is 17.6. The summed E-state index contributed by atoms with van der Waals surface area (Å²) in [5.74, 6) is -0.351. The molecule has 0 heterocycles. The minimum Gasteiger partial charge on any atom is -0.354 e. The van der Waals surface area contributed by atoms with Gasteiger partial charge in [-0.2, -0.15) is 4.31 Å². The van der Waals surface area contributed by atoms with Gasteiger partial charge in [0.25, 0.3) is 0 Å². The number of nitrogens with zero attached hydrogens (tertiary/aromatic N) is 1. The monoisotopic (exact) mass is 408 g/mol. The van der Waals surface area contributed by atoms with Crippen LogP contribution in [0.3, 0.4) is 0 Å². The van der Waals surface area contributed by atoms with Crippen LogP contribution < -0.4 is 5.32 Å². The predicted octanol–water partition coefficient (Wildman–Crippen LogP) is 3.36.